The first-order valence-corrected chi connectivity index (χ1v) is 13.5. The minimum absolute atomic E-state index is 0.0611. The number of allylic oxidation sites excluding steroid dienone is 4. The molecule has 2 aliphatic heterocycles. The van der Waals surface area contributed by atoms with Crippen molar-refractivity contribution in [3.05, 3.63) is 102 Å². The standard InChI is InChI=1S/C32H35N3O3/c1-3-12-28-26(4-2)29(36)23-24-13-8-9-16-27(24)35(28)31(38)34-21-19-33(20-22-34)30(37)32(17-10-11-18-32)25-14-6-5-7-15-25/h3-9,12-16H,2,10-11,17-23H2,1H3/b12-3-. The smallest absolute Gasteiger partial charge is 0.329 e. The molecule has 0 N–H and O–H groups in total. The fourth-order valence-corrected chi connectivity index (χ4v) is 6.19. The number of anilines is 1. The maximum absolute atomic E-state index is 14.1. The normalized spacial score (nSPS) is 19.5. The predicted molar refractivity (Wildman–Crippen MR) is 150 cm³/mol. The fourth-order valence-electron chi connectivity index (χ4n) is 6.19. The zero-order valence-corrected chi connectivity index (χ0v) is 22.1. The summed E-state index contributed by atoms with van der Waals surface area (Å²) in [5.41, 5.74) is 3.14. The lowest BCUT2D eigenvalue weighted by Gasteiger charge is -2.41. The van der Waals surface area contributed by atoms with Crippen molar-refractivity contribution in [2.75, 3.05) is 31.1 Å². The van der Waals surface area contributed by atoms with E-state index < -0.39 is 5.41 Å². The van der Waals surface area contributed by atoms with E-state index in [1.165, 1.54) is 0 Å². The van der Waals surface area contributed by atoms with Gasteiger partial charge >= 0.3 is 6.03 Å². The molecular weight excluding hydrogens is 474 g/mol. The van der Waals surface area contributed by atoms with Crippen LogP contribution in [-0.4, -0.2) is 53.7 Å². The number of rotatable bonds is 4. The van der Waals surface area contributed by atoms with Gasteiger partial charge in [0.05, 0.1) is 16.8 Å². The predicted octanol–water partition coefficient (Wildman–Crippen LogP) is 5.41. The first-order chi connectivity index (χ1) is 18.5. The summed E-state index contributed by atoms with van der Waals surface area (Å²) in [6.07, 6.45) is 9.25. The summed E-state index contributed by atoms with van der Waals surface area (Å²) in [5, 5.41) is 0. The number of amides is 3. The SMILES string of the molecule is C=CC1=C(/C=C\C)N(C(=O)N2CCN(C(=O)C3(c4ccccc4)CCCC3)CC2)c2ccccc2CC1=O. The van der Waals surface area contributed by atoms with Crippen LogP contribution in [0.4, 0.5) is 10.5 Å². The Morgan fingerprint density at radius 3 is 2.18 bits per heavy atom. The van der Waals surface area contributed by atoms with Gasteiger partial charge in [0.1, 0.15) is 0 Å². The van der Waals surface area contributed by atoms with Gasteiger partial charge in [-0.1, -0.05) is 80.1 Å². The summed E-state index contributed by atoms with van der Waals surface area (Å²) in [5.74, 6) is 0.122. The van der Waals surface area contributed by atoms with E-state index in [0.717, 1.165) is 36.8 Å². The van der Waals surface area contributed by atoms with Crippen LogP contribution in [0.15, 0.2) is 90.7 Å². The van der Waals surface area contributed by atoms with Gasteiger partial charge in [-0.15, -0.1) is 0 Å². The number of hydrogen-bond donors (Lipinski definition) is 0. The Kier molecular flexibility index (Phi) is 7.32. The van der Waals surface area contributed by atoms with Crippen molar-refractivity contribution >= 4 is 23.4 Å². The van der Waals surface area contributed by atoms with Crippen molar-refractivity contribution in [1.82, 2.24) is 9.80 Å². The molecule has 38 heavy (non-hydrogen) atoms. The Morgan fingerprint density at radius 2 is 1.53 bits per heavy atom. The second-order valence-corrected chi connectivity index (χ2v) is 10.3. The monoisotopic (exact) mass is 509 g/mol. The lowest BCUT2D eigenvalue weighted by Crippen LogP contribution is -2.57. The van der Waals surface area contributed by atoms with Crippen molar-refractivity contribution in [3.8, 4) is 0 Å². The van der Waals surface area contributed by atoms with E-state index >= 15 is 0 Å². The first-order valence-electron chi connectivity index (χ1n) is 13.5. The number of hydrogen-bond acceptors (Lipinski definition) is 3. The van der Waals surface area contributed by atoms with E-state index in [2.05, 4.69) is 18.7 Å². The molecule has 6 nitrogen and oxygen atoms in total. The number of piperazine rings is 1. The Balaban J connectivity index is 1.40. The largest absolute Gasteiger partial charge is 0.338 e. The van der Waals surface area contributed by atoms with Gasteiger partial charge in [0, 0.05) is 38.2 Å². The maximum atomic E-state index is 14.1. The van der Waals surface area contributed by atoms with E-state index in [-0.39, 0.29) is 24.1 Å². The molecule has 2 fully saturated rings. The summed E-state index contributed by atoms with van der Waals surface area (Å²) in [6, 6.07) is 17.5. The average Bonchev–Trinajstić information content (AvgIpc) is 3.42. The van der Waals surface area contributed by atoms with Gasteiger partial charge < -0.3 is 9.80 Å². The number of urea groups is 1. The zero-order valence-electron chi connectivity index (χ0n) is 22.1. The Morgan fingerprint density at radius 1 is 0.895 bits per heavy atom. The molecule has 1 saturated carbocycles. The molecule has 0 aromatic heterocycles. The number of para-hydroxylation sites is 1. The summed E-state index contributed by atoms with van der Waals surface area (Å²) in [4.78, 5) is 46.4. The van der Waals surface area contributed by atoms with Crippen LogP contribution in [0, 0.1) is 0 Å². The first kappa shape index (κ1) is 25.7. The third-order valence-electron chi connectivity index (χ3n) is 8.15. The number of Topliss-reactive ketones (excluding diaryl/α,β-unsaturated/α-hetero) is 1. The molecule has 0 atom stereocenters. The van der Waals surface area contributed by atoms with Crippen LogP contribution in [0.1, 0.15) is 43.7 Å². The summed E-state index contributed by atoms with van der Waals surface area (Å²) in [7, 11) is 0. The summed E-state index contributed by atoms with van der Waals surface area (Å²) >= 11 is 0. The highest BCUT2D eigenvalue weighted by molar-refractivity contribution is 6.08. The van der Waals surface area contributed by atoms with Gasteiger partial charge in [-0.25, -0.2) is 4.79 Å². The molecule has 0 spiro atoms. The van der Waals surface area contributed by atoms with Crippen LogP contribution < -0.4 is 4.90 Å². The van der Waals surface area contributed by atoms with E-state index in [0.29, 0.717) is 43.1 Å². The van der Waals surface area contributed by atoms with Crippen LogP contribution in [-0.2, 0) is 21.4 Å². The molecule has 0 unspecified atom stereocenters. The lowest BCUT2D eigenvalue weighted by atomic mass is 9.77. The highest BCUT2D eigenvalue weighted by atomic mass is 16.2. The molecule has 196 valence electrons. The molecule has 3 aliphatic rings. The maximum Gasteiger partial charge on any atom is 0.329 e. The van der Waals surface area contributed by atoms with Gasteiger partial charge in [0.25, 0.3) is 0 Å². The minimum atomic E-state index is -0.460. The van der Waals surface area contributed by atoms with Crippen LogP contribution in [0.5, 0.6) is 0 Å². The van der Waals surface area contributed by atoms with Crippen molar-refractivity contribution in [2.24, 2.45) is 0 Å². The highest BCUT2D eigenvalue weighted by Gasteiger charge is 2.45. The summed E-state index contributed by atoms with van der Waals surface area (Å²) in [6.45, 7) is 7.60. The van der Waals surface area contributed by atoms with Crippen molar-refractivity contribution in [2.45, 2.75) is 44.4 Å². The molecule has 1 saturated heterocycles. The number of carbonyl (C=O) groups is 3. The van der Waals surface area contributed by atoms with E-state index in [1.54, 1.807) is 22.0 Å². The number of nitrogens with zero attached hydrogens (tertiary/aromatic N) is 3. The Hall–Kier alpha value is -3.93. The number of fused-ring (bicyclic) bond motifs is 1. The molecule has 2 aromatic rings. The number of ketones is 1. The van der Waals surface area contributed by atoms with Crippen molar-refractivity contribution in [1.29, 1.82) is 0 Å². The van der Waals surface area contributed by atoms with Gasteiger partial charge in [0.2, 0.25) is 5.91 Å². The molecule has 3 amide bonds. The van der Waals surface area contributed by atoms with Crippen molar-refractivity contribution in [3.63, 3.8) is 0 Å². The number of carbonyl (C=O) groups excluding carboxylic acids is 3. The van der Waals surface area contributed by atoms with E-state index in [4.69, 9.17) is 0 Å². The molecule has 1 aliphatic carbocycles. The van der Waals surface area contributed by atoms with E-state index in [1.807, 2.05) is 60.4 Å². The van der Waals surface area contributed by atoms with E-state index in [9.17, 15) is 14.4 Å². The van der Waals surface area contributed by atoms with Crippen LogP contribution in [0.2, 0.25) is 0 Å². The second kappa shape index (κ2) is 10.8. The van der Waals surface area contributed by atoms with Crippen LogP contribution in [0.3, 0.4) is 0 Å². The minimum Gasteiger partial charge on any atom is -0.338 e. The molecule has 0 radical (unpaired) electrons. The topological polar surface area (TPSA) is 60.9 Å². The Bertz CT molecular complexity index is 1300. The average molecular weight is 510 g/mol. The molecule has 6 heteroatoms. The van der Waals surface area contributed by atoms with Crippen LogP contribution in [0.25, 0.3) is 0 Å². The molecule has 2 aromatic carbocycles. The molecule has 2 heterocycles. The van der Waals surface area contributed by atoms with Gasteiger partial charge in [-0.05, 0) is 43.0 Å². The third kappa shape index (κ3) is 4.49. The van der Waals surface area contributed by atoms with Crippen molar-refractivity contribution < 1.29 is 14.4 Å². The summed E-state index contributed by atoms with van der Waals surface area (Å²) < 4.78 is 0. The zero-order chi connectivity index (χ0) is 26.7. The number of benzene rings is 2. The highest BCUT2D eigenvalue weighted by Crippen LogP contribution is 2.43. The third-order valence-corrected chi connectivity index (χ3v) is 8.15. The van der Waals surface area contributed by atoms with Gasteiger partial charge in [0.15, 0.2) is 5.78 Å². The molecule has 5 rings (SSSR count). The Labute approximate surface area is 224 Å². The fraction of sp³-hybridized carbons (Fsp3) is 0.344. The molecular formula is C32H35N3O3. The van der Waals surface area contributed by atoms with Crippen LogP contribution >= 0.6 is 0 Å². The van der Waals surface area contributed by atoms with Gasteiger partial charge in [-0.2, -0.15) is 0 Å². The molecule has 0 bridgehead atoms. The van der Waals surface area contributed by atoms with Gasteiger partial charge in [-0.3, -0.25) is 14.5 Å². The lowest BCUT2D eigenvalue weighted by molar-refractivity contribution is -0.138. The quantitative estimate of drug-likeness (QED) is 0.554. The second-order valence-electron chi connectivity index (χ2n) is 10.3.